The molecular formula is C21H15Cl2N3O3. The molecule has 0 fully saturated rings. The molecule has 0 bridgehead atoms. The van der Waals surface area contributed by atoms with Crippen LogP contribution in [0, 0.1) is 11.3 Å². The van der Waals surface area contributed by atoms with Crippen molar-refractivity contribution in [2.45, 2.75) is 19.9 Å². The molecule has 0 saturated heterocycles. The van der Waals surface area contributed by atoms with Gasteiger partial charge in [-0.05, 0) is 31.2 Å². The van der Waals surface area contributed by atoms with Gasteiger partial charge in [0.05, 0.1) is 27.4 Å². The molecule has 1 aromatic carbocycles. The van der Waals surface area contributed by atoms with Gasteiger partial charge in [0.2, 0.25) is 0 Å². The van der Waals surface area contributed by atoms with Gasteiger partial charge in [0.15, 0.2) is 5.43 Å². The maximum Gasteiger partial charge on any atom is 0.341 e. The van der Waals surface area contributed by atoms with E-state index in [2.05, 4.69) is 11.1 Å². The number of rotatable bonds is 5. The Balaban J connectivity index is 2.27. The van der Waals surface area contributed by atoms with E-state index in [-0.39, 0.29) is 22.7 Å². The third kappa shape index (κ3) is 4.16. The van der Waals surface area contributed by atoms with Crippen LogP contribution in [0.15, 0.2) is 47.4 Å². The molecule has 2 aromatic heterocycles. The molecule has 6 nitrogen and oxygen atoms in total. The number of benzene rings is 1. The molecule has 8 heteroatoms. The van der Waals surface area contributed by atoms with Gasteiger partial charge in [-0.3, -0.25) is 9.78 Å². The van der Waals surface area contributed by atoms with Gasteiger partial charge in [-0.2, -0.15) is 5.26 Å². The number of hydrogen-bond acceptors (Lipinski definition) is 4. The molecule has 0 aliphatic carbocycles. The molecule has 29 heavy (non-hydrogen) atoms. The topological polar surface area (TPSA) is 96.0 Å². The molecule has 0 saturated carbocycles. The Labute approximate surface area is 176 Å². The lowest BCUT2D eigenvalue weighted by Gasteiger charge is -2.20. The molecule has 0 spiro atoms. The minimum Gasteiger partial charge on any atom is -0.477 e. The number of aromatic nitrogens is 2. The van der Waals surface area contributed by atoms with Crippen molar-refractivity contribution in [1.82, 2.24) is 9.55 Å². The van der Waals surface area contributed by atoms with Crippen LogP contribution in [-0.2, 0) is 13.0 Å². The van der Waals surface area contributed by atoms with Crippen molar-refractivity contribution in [3.63, 3.8) is 0 Å². The van der Waals surface area contributed by atoms with Gasteiger partial charge in [-0.15, -0.1) is 0 Å². The molecular weight excluding hydrogens is 413 g/mol. The maximum atomic E-state index is 12.7. The predicted octanol–water partition coefficient (Wildman–Crippen LogP) is 4.40. The largest absolute Gasteiger partial charge is 0.477 e. The lowest BCUT2D eigenvalue weighted by molar-refractivity contribution is 0.0695. The van der Waals surface area contributed by atoms with E-state index >= 15 is 0 Å². The number of hydrogen-bond donors (Lipinski definition) is 1. The van der Waals surface area contributed by atoms with Crippen LogP contribution in [0.5, 0.6) is 0 Å². The normalized spacial score (nSPS) is 10.6. The first-order valence-electron chi connectivity index (χ1n) is 8.66. The number of pyridine rings is 2. The van der Waals surface area contributed by atoms with Crippen molar-refractivity contribution in [2.24, 2.45) is 0 Å². The quantitative estimate of drug-likeness (QED) is 0.650. The van der Waals surface area contributed by atoms with Gasteiger partial charge >= 0.3 is 5.97 Å². The first-order valence-corrected chi connectivity index (χ1v) is 9.41. The zero-order valence-corrected chi connectivity index (χ0v) is 16.8. The first-order chi connectivity index (χ1) is 13.8. The van der Waals surface area contributed by atoms with E-state index in [1.807, 2.05) is 6.92 Å². The molecule has 0 radical (unpaired) electrons. The van der Waals surface area contributed by atoms with Crippen LogP contribution >= 0.6 is 23.2 Å². The third-order valence-electron chi connectivity index (χ3n) is 4.43. The number of carboxylic acid groups (broad SMARTS) is 1. The van der Waals surface area contributed by atoms with E-state index in [9.17, 15) is 14.7 Å². The molecule has 3 aromatic rings. The molecule has 0 aliphatic heterocycles. The predicted molar refractivity (Wildman–Crippen MR) is 111 cm³/mol. The summed E-state index contributed by atoms with van der Waals surface area (Å²) in [5, 5.41) is 19.3. The summed E-state index contributed by atoms with van der Waals surface area (Å²) in [4.78, 5) is 28.8. The highest BCUT2D eigenvalue weighted by atomic mass is 35.5. The van der Waals surface area contributed by atoms with E-state index < -0.39 is 11.4 Å². The van der Waals surface area contributed by atoms with Crippen molar-refractivity contribution >= 4 is 29.2 Å². The second kappa shape index (κ2) is 8.48. The average Bonchev–Trinajstić information content (AvgIpc) is 2.69. The average molecular weight is 428 g/mol. The highest BCUT2D eigenvalue weighted by Gasteiger charge is 2.22. The SMILES string of the molecule is CCn1c(Cc2cc(C#N)ccn2)cc(=O)c(C(=O)O)c1-c1ccc(Cl)c(Cl)c1. The van der Waals surface area contributed by atoms with Gasteiger partial charge < -0.3 is 9.67 Å². The van der Waals surface area contributed by atoms with Crippen molar-refractivity contribution in [3.8, 4) is 17.3 Å². The summed E-state index contributed by atoms with van der Waals surface area (Å²) in [5.74, 6) is -1.32. The van der Waals surface area contributed by atoms with Crippen LogP contribution in [0.25, 0.3) is 11.3 Å². The van der Waals surface area contributed by atoms with Crippen molar-refractivity contribution in [2.75, 3.05) is 0 Å². The third-order valence-corrected chi connectivity index (χ3v) is 5.17. The van der Waals surface area contributed by atoms with Gasteiger partial charge in [0.1, 0.15) is 5.56 Å². The van der Waals surface area contributed by atoms with E-state index in [0.29, 0.717) is 34.1 Å². The van der Waals surface area contributed by atoms with Crippen LogP contribution < -0.4 is 5.43 Å². The summed E-state index contributed by atoms with van der Waals surface area (Å²) in [6.07, 6.45) is 1.78. The Morgan fingerprint density at radius 3 is 2.59 bits per heavy atom. The minimum absolute atomic E-state index is 0.248. The Kier molecular flexibility index (Phi) is 6.02. The minimum atomic E-state index is -1.32. The highest BCUT2D eigenvalue weighted by molar-refractivity contribution is 6.42. The number of nitrogens with zero attached hydrogens (tertiary/aromatic N) is 3. The maximum absolute atomic E-state index is 12.7. The molecule has 0 unspecified atom stereocenters. The van der Waals surface area contributed by atoms with Gasteiger partial charge in [0.25, 0.3) is 0 Å². The zero-order chi connectivity index (χ0) is 21.1. The molecule has 3 rings (SSSR count). The van der Waals surface area contributed by atoms with Crippen LogP contribution in [0.1, 0.15) is 34.2 Å². The van der Waals surface area contributed by atoms with E-state index in [4.69, 9.17) is 28.5 Å². The zero-order valence-electron chi connectivity index (χ0n) is 15.3. The molecule has 146 valence electrons. The summed E-state index contributed by atoms with van der Waals surface area (Å²) in [7, 11) is 0. The number of nitriles is 1. The highest BCUT2D eigenvalue weighted by Crippen LogP contribution is 2.31. The number of aromatic carboxylic acids is 1. The Bertz CT molecular complexity index is 1210. The smallest absolute Gasteiger partial charge is 0.341 e. The lowest BCUT2D eigenvalue weighted by atomic mass is 10.0. The number of carboxylic acids is 1. The van der Waals surface area contributed by atoms with E-state index in [1.165, 1.54) is 18.3 Å². The first kappa shape index (κ1) is 20.6. The van der Waals surface area contributed by atoms with Gasteiger partial charge in [-0.1, -0.05) is 29.3 Å². The summed E-state index contributed by atoms with van der Waals surface area (Å²) in [6, 6.07) is 11.3. The monoisotopic (exact) mass is 427 g/mol. The Morgan fingerprint density at radius 2 is 1.97 bits per heavy atom. The van der Waals surface area contributed by atoms with Crippen LogP contribution in [0.4, 0.5) is 0 Å². The fraction of sp³-hybridized carbons (Fsp3) is 0.143. The summed E-state index contributed by atoms with van der Waals surface area (Å²) in [5.41, 5.74) is 1.38. The van der Waals surface area contributed by atoms with Crippen LogP contribution in [0.2, 0.25) is 10.0 Å². The summed E-state index contributed by atoms with van der Waals surface area (Å²) >= 11 is 12.1. The summed E-state index contributed by atoms with van der Waals surface area (Å²) < 4.78 is 1.74. The standard InChI is InChI=1S/C21H15Cl2N3O3/c1-2-26-15(9-14-7-12(11-24)5-6-25-14)10-18(27)19(21(28)29)20(26)13-3-4-16(22)17(23)8-13/h3-8,10H,2,9H2,1H3,(H,28,29). The van der Waals surface area contributed by atoms with Crippen LogP contribution in [-0.4, -0.2) is 20.6 Å². The van der Waals surface area contributed by atoms with Gasteiger partial charge in [0, 0.05) is 42.2 Å². The second-order valence-electron chi connectivity index (χ2n) is 6.23. The molecule has 0 amide bonds. The molecule has 2 heterocycles. The van der Waals surface area contributed by atoms with Crippen molar-refractivity contribution in [3.05, 3.63) is 85.4 Å². The summed E-state index contributed by atoms with van der Waals surface area (Å²) in [6.45, 7) is 2.25. The molecule has 1 N–H and O–H groups in total. The number of halogens is 2. The van der Waals surface area contributed by atoms with E-state index in [1.54, 1.807) is 28.8 Å². The lowest BCUT2D eigenvalue weighted by Crippen LogP contribution is -2.23. The second-order valence-corrected chi connectivity index (χ2v) is 7.04. The Hall–Kier alpha value is -3.14. The Morgan fingerprint density at radius 1 is 1.21 bits per heavy atom. The van der Waals surface area contributed by atoms with Crippen LogP contribution in [0.3, 0.4) is 0 Å². The fourth-order valence-corrected chi connectivity index (χ4v) is 3.48. The van der Waals surface area contributed by atoms with Crippen molar-refractivity contribution < 1.29 is 9.90 Å². The van der Waals surface area contributed by atoms with Crippen molar-refractivity contribution in [1.29, 1.82) is 5.26 Å². The van der Waals surface area contributed by atoms with Gasteiger partial charge in [-0.25, -0.2) is 4.79 Å². The molecule has 0 aliphatic rings. The number of carbonyl (C=O) groups is 1. The van der Waals surface area contributed by atoms with E-state index in [0.717, 1.165) is 0 Å². The fourth-order valence-electron chi connectivity index (χ4n) is 3.18. The molecule has 0 atom stereocenters.